The fourth-order valence-corrected chi connectivity index (χ4v) is 4.49. The number of nitrogens with zero attached hydrogens (tertiary/aromatic N) is 3. The molecule has 1 amide bonds. The summed E-state index contributed by atoms with van der Waals surface area (Å²) in [5, 5.41) is 15.5. The highest BCUT2D eigenvalue weighted by atomic mass is 16.5. The van der Waals surface area contributed by atoms with Gasteiger partial charge in [-0.15, -0.1) is 0 Å². The molecule has 0 radical (unpaired) electrons. The summed E-state index contributed by atoms with van der Waals surface area (Å²) in [6.07, 6.45) is 1.25. The number of ether oxygens (including phenoxy) is 2. The van der Waals surface area contributed by atoms with Gasteiger partial charge in [-0.05, 0) is 48.0 Å². The maximum atomic E-state index is 13.0. The number of anilines is 1. The van der Waals surface area contributed by atoms with E-state index in [1.54, 1.807) is 27.1 Å². The Balaban J connectivity index is 0.00000141. The lowest BCUT2D eigenvalue weighted by molar-refractivity contribution is -0.833. The molecule has 0 atom stereocenters. The monoisotopic (exact) mass is 547 g/mol. The van der Waals surface area contributed by atoms with Crippen molar-refractivity contribution in [1.29, 1.82) is 5.26 Å². The highest BCUT2D eigenvalue weighted by Crippen LogP contribution is 2.31. The van der Waals surface area contributed by atoms with Crippen LogP contribution in [0.4, 0.5) is 5.69 Å². The zero-order chi connectivity index (χ0) is 29.1. The van der Waals surface area contributed by atoms with Crippen molar-refractivity contribution in [3.63, 3.8) is 0 Å². The smallest absolute Gasteiger partial charge is 0.358 e. The van der Waals surface area contributed by atoms with Gasteiger partial charge in [0, 0.05) is 50.1 Å². The van der Waals surface area contributed by atoms with Crippen LogP contribution in [0.25, 0.3) is 27.7 Å². The molecule has 0 bridgehead atoms. The summed E-state index contributed by atoms with van der Waals surface area (Å²) in [4.78, 5) is 15.4. The topological polar surface area (TPSA) is 87.7 Å². The van der Waals surface area contributed by atoms with E-state index in [0.717, 1.165) is 61.4 Å². The Labute approximate surface area is 238 Å². The van der Waals surface area contributed by atoms with Crippen molar-refractivity contribution in [1.82, 2.24) is 4.90 Å². The number of carbonyl (C=O) groups is 1. The van der Waals surface area contributed by atoms with Crippen LogP contribution in [0.15, 0.2) is 58.5 Å². The van der Waals surface area contributed by atoms with E-state index in [9.17, 15) is 10.1 Å². The van der Waals surface area contributed by atoms with E-state index in [1.807, 2.05) is 12.1 Å². The second-order valence-electron chi connectivity index (χ2n) is 10.5. The first-order valence-corrected chi connectivity index (χ1v) is 13.9. The first-order valence-electron chi connectivity index (χ1n) is 13.9. The maximum Gasteiger partial charge on any atom is 0.358 e. The lowest BCUT2D eigenvalue weighted by atomic mass is 10.0. The lowest BCUT2D eigenvalue weighted by Crippen LogP contribution is -2.47. The Morgan fingerprint density at radius 1 is 1.07 bits per heavy atom. The van der Waals surface area contributed by atoms with E-state index < -0.39 is 0 Å². The molecule has 2 heterocycles. The van der Waals surface area contributed by atoms with Gasteiger partial charge in [0.1, 0.15) is 17.6 Å². The van der Waals surface area contributed by atoms with Gasteiger partial charge in [-0.1, -0.05) is 38.5 Å². The average Bonchev–Trinajstić information content (AvgIpc) is 3.44. The highest BCUT2D eigenvalue weighted by Gasteiger charge is 2.32. The summed E-state index contributed by atoms with van der Waals surface area (Å²) in [5.41, 5.74) is 2.60. The van der Waals surface area contributed by atoms with Gasteiger partial charge < -0.3 is 19.2 Å². The Kier molecular flexibility index (Phi) is 11.5. The Morgan fingerprint density at radius 2 is 1.75 bits per heavy atom. The molecule has 1 N–H and O–H groups in total. The van der Waals surface area contributed by atoms with Crippen molar-refractivity contribution in [3.05, 3.63) is 59.9 Å². The van der Waals surface area contributed by atoms with E-state index in [0.29, 0.717) is 17.1 Å². The van der Waals surface area contributed by atoms with E-state index in [1.165, 1.54) is 13.5 Å². The summed E-state index contributed by atoms with van der Waals surface area (Å²) < 4.78 is 16.6. The minimum Gasteiger partial charge on any atom is -0.456 e. The lowest BCUT2D eigenvalue weighted by Gasteiger charge is -2.26. The SMILES string of the molecule is CCC.COC[N+](C)(C)C(=O)/C(C#N)=C(\C)c1ccc(-c2ccc3cc(NCCN4CCOCC4)ccc3c2)o1. The number of methoxy groups -OCH3 is 1. The number of allylic oxidation sites excluding steroid dienone is 1. The van der Waals surface area contributed by atoms with Crippen LogP contribution in [-0.2, 0) is 14.3 Å². The minimum absolute atomic E-state index is 0.0649. The number of nitriles is 1. The van der Waals surface area contributed by atoms with Crippen LogP contribution >= 0.6 is 0 Å². The van der Waals surface area contributed by atoms with Gasteiger partial charge in [0.25, 0.3) is 0 Å². The van der Waals surface area contributed by atoms with Crippen LogP contribution in [0.5, 0.6) is 0 Å². The minimum atomic E-state index is -0.320. The molecule has 1 aliphatic heterocycles. The van der Waals surface area contributed by atoms with Gasteiger partial charge in [0.15, 0.2) is 12.3 Å². The molecule has 40 heavy (non-hydrogen) atoms. The third-order valence-corrected chi connectivity index (χ3v) is 6.66. The molecule has 0 spiro atoms. The summed E-state index contributed by atoms with van der Waals surface area (Å²) in [6, 6.07) is 18.3. The third-order valence-electron chi connectivity index (χ3n) is 6.66. The van der Waals surface area contributed by atoms with Crippen LogP contribution in [0.3, 0.4) is 0 Å². The van der Waals surface area contributed by atoms with E-state index in [4.69, 9.17) is 13.9 Å². The first-order chi connectivity index (χ1) is 19.2. The molecule has 214 valence electrons. The Morgan fingerprint density at radius 3 is 2.42 bits per heavy atom. The molecule has 1 aromatic heterocycles. The molecule has 4 rings (SSSR count). The molecule has 1 saturated heterocycles. The standard InChI is InChI=1S/C29H34N4O4.C3H8/c1-21(26(19-30)29(34)33(2,3)20-35-4)27-9-10-28(37-27)24-6-5-23-18-25(8-7-22(23)17-24)31-11-12-32-13-15-36-16-14-32;1-3-2/h5-10,17-18H,11-16,20H2,1-4H3;3H2,1-2H3/p+1. The predicted octanol–water partition coefficient (Wildman–Crippen LogP) is 5.76. The number of hydrogen-bond acceptors (Lipinski definition) is 7. The van der Waals surface area contributed by atoms with Gasteiger partial charge in [-0.2, -0.15) is 5.26 Å². The van der Waals surface area contributed by atoms with Gasteiger partial charge in [-0.3, -0.25) is 4.90 Å². The Bertz CT molecular complexity index is 1350. The van der Waals surface area contributed by atoms with Gasteiger partial charge in [0.05, 0.1) is 27.3 Å². The summed E-state index contributed by atoms with van der Waals surface area (Å²) in [6.45, 7) is 11.7. The third kappa shape index (κ3) is 8.03. The van der Waals surface area contributed by atoms with E-state index in [2.05, 4.69) is 60.5 Å². The maximum absolute atomic E-state index is 13.0. The number of fused-ring (bicyclic) bond motifs is 1. The first kappa shape index (κ1) is 31.1. The molecule has 1 fully saturated rings. The number of nitrogens with one attached hydrogen (secondary N) is 1. The molecule has 3 aromatic rings. The molecule has 2 aromatic carbocycles. The molecule has 0 aliphatic carbocycles. The van der Waals surface area contributed by atoms with Gasteiger partial charge in [0.2, 0.25) is 0 Å². The fraction of sp³-hybridized carbons (Fsp3) is 0.438. The molecular weight excluding hydrogens is 504 g/mol. The molecule has 8 heteroatoms. The highest BCUT2D eigenvalue weighted by molar-refractivity contribution is 6.00. The van der Waals surface area contributed by atoms with E-state index >= 15 is 0 Å². The van der Waals surface area contributed by atoms with Crippen LogP contribution in [0.1, 0.15) is 33.0 Å². The number of quaternary nitrogens is 1. The number of furan rings is 1. The molecule has 1 aliphatic rings. The number of carbonyl (C=O) groups excluding carboxylic acids is 1. The summed E-state index contributed by atoms with van der Waals surface area (Å²) in [5.74, 6) is 0.858. The summed E-state index contributed by atoms with van der Waals surface area (Å²) in [7, 11) is 4.95. The van der Waals surface area contributed by atoms with Gasteiger partial charge >= 0.3 is 5.91 Å². The number of amides is 1. The largest absolute Gasteiger partial charge is 0.456 e. The number of morpholine rings is 1. The quantitative estimate of drug-likeness (QED) is 0.158. The van der Waals surface area contributed by atoms with Crippen molar-refractivity contribution < 1.29 is 23.2 Å². The van der Waals surface area contributed by atoms with Crippen molar-refractivity contribution >= 4 is 27.9 Å². The number of rotatable bonds is 9. The fourth-order valence-electron chi connectivity index (χ4n) is 4.49. The second kappa shape index (κ2) is 14.8. The molecule has 8 nitrogen and oxygen atoms in total. The average molecular weight is 548 g/mol. The number of benzene rings is 2. The Hall–Kier alpha value is -3.48. The number of likely N-dealkylation sites (N-methyl/N-ethyl adjacent to an activating group) is 1. The molecule has 0 unspecified atom stereocenters. The van der Waals surface area contributed by atoms with Crippen LogP contribution in [0.2, 0.25) is 0 Å². The zero-order valence-corrected chi connectivity index (χ0v) is 24.8. The van der Waals surface area contributed by atoms with Crippen molar-refractivity contribution in [2.45, 2.75) is 27.2 Å². The summed E-state index contributed by atoms with van der Waals surface area (Å²) >= 11 is 0. The predicted molar refractivity (Wildman–Crippen MR) is 161 cm³/mol. The normalized spacial score (nSPS) is 14.6. The van der Waals surface area contributed by atoms with Crippen LogP contribution < -0.4 is 5.32 Å². The van der Waals surface area contributed by atoms with Crippen molar-refractivity contribution in [2.75, 3.05) is 72.6 Å². The number of hydrogen-bond donors (Lipinski definition) is 1. The molecular formula is C32H43N4O4+. The molecule has 0 saturated carbocycles. The van der Waals surface area contributed by atoms with Crippen molar-refractivity contribution in [3.8, 4) is 17.4 Å². The van der Waals surface area contributed by atoms with E-state index in [-0.39, 0.29) is 22.7 Å². The second-order valence-corrected chi connectivity index (χ2v) is 10.5. The van der Waals surface area contributed by atoms with Crippen molar-refractivity contribution in [2.24, 2.45) is 0 Å². The van der Waals surface area contributed by atoms with Crippen LogP contribution in [0, 0.1) is 11.3 Å². The zero-order valence-electron chi connectivity index (χ0n) is 24.8. The van der Waals surface area contributed by atoms with Crippen LogP contribution in [-0.4, -0.2) is 82.6 Å². The van der Waals surface area contributed by atoms with Gasteiger partial charge in [-0.25, -0.2) is 9.28 Å².